The molecule has 234 valence electrons. The summed E-state index contributed by atoms with van der Waals surface area (Å²) in [7, 11) is 0. The minimum absolute atomic E-state index is 0.0948. The highest BCUT2D eigenvalue weighted by Crippen LogP contribution is 2.23. The average Bonchev–Trinajstić information content (AvgIpc) is 2.98. The minimum atomic E-state index is -1.39. The fraction of sp³-hybridized carbons (Fsp3) is 0.412. The van der Waals surface area contributed by atoms with E-state index in [1.165, 1.54) is 6.20 Å². The Morgan fingerprint density at radius 3 is 1.84 bits per heavy atom. The molecule has 0 aliphatic carbocycles. The van der Waals surface area contributed by atoms with Gasteiger partial charge in [-0.1, -0.05) is 79.8 Å². The van der Waals surface area contributed by atoms with E-state index >= 15 is 0 Å². The molecule has 0 unspecified atom stereocenters. The van der Waals surface area contributed by atoms with Crippen LogP contribution in [0.1, 0.15) is 81.5 Å². The van der Waals surface area contributed by atoms with Gasteiger partial charge in [0.2, 0.25) is 11.8 Å². The molecule has 2 amide bonds. The van der Waals surface area contributed by atoms with Gasteiger partial charge >= 0.3 is 5.97 Å². The first kappa shape index (κ1) is 36.8. The summed E-state index contributed by atoms with van der Waals surface area (Å²) in [6.45, 7) is 3.21. The molecule has 0 radical (unpaired) electrons. The normalized spacial score (nSPS) is 12.9. The van der Waals surface area contributed by atoms with Crippen molar-refractivity contribution in [1.82, 2.24) is 15.6 Å². The number of aromatic nitrogens is 1. The van der Waals surface area contributed by atoms with Crippen LogP contribution in [0.2, 0.25) is 0 Å². The van der Waals surface area contributed by atoms with Crippen LogP contribution in [0.15, 0.2) is 79.1 Å². The summed E-state index contributed by atoms with van der Waals surface area (Å²) in [5.41, 5.74) is 0.987. The van der Waals surface area contributed by atoms with E-state index in [9.17, 15) is 29.7 Å². The van der Waals surface area contributed by atoms with E-state index in [-0.39, 0.29) is 25.3 Å². The Balaban J connectivity index is 2.27. The van der Waals surface area contributed by atoms with Crippen molar-refractivity contribution in [3.05, 3.63) is 95.9 Å². The molecule has 1 aromatic rings. The fourth-order valence-corrected chi connectivity index (χ4v) is 3.78. The van der Waals surface area contributed by atoms with Crippen molar-refractivity contribution in [1.29, 1.82) is 0 Å². The lowest BCUT2D eigenvalue weighted by Gasteiger charge is -2.16. The number of hydrogen-bond donors (Lipinski definition) is 5. The van der Waals surface area contributed by atoms with Crippen molar-refractivity contribution < 1.29 is 29.7 Å². The Hall–Kier alpha value is -4.24. The third kappa shape index (κ3) is 17.3. The lowest BCUT2D eigenvalue weighted by atomic mass is 10.1. The maximum Gasteiger partial charge on any atom is 0.326 e. The van der Waals surface area contributed by atoms with Crippen LogP contribution in [-0.2, 0) is 27.5 Å². The maximum atomic E-state index is 12.3. The van der Waals surface area contributed by atoms with Crippen molar-refractivity contribution in [3.8, 4) is 5.75 Å². The number of hydrogen-bond acceptors (Lipinski definition) is 6. The number of rotatable bonds is 21. The molecule has 1 atom stereocenters. The van der Waals surface area contributed by atoms with E-state index in [1.54, 1.807) is 6.92 Å². The second-order valence-electron chi connectivity index (χ2n) is 9.75. The third-order valence-electron chi connectivity index (χ3n) is 6.22. The van der Waals surface area contributed by atoms with Crippen LogP contribution in [0, 0.1) is 6.92 Å². The van der Waals surface area contributed by atoms with Gasteiger partial charge in [0.1, 0.15) is 11.8 Å². The maximum absolute atomic E-state index is 12.3. The Bertz CT molecular complexity index is 1180. The van der Waals surface area contributed by atoms with Gasteiger partial charge in [0.05, 0.1) is 18.7 Å². The quantitative estimate of drug-likeness (QED) is 0.116. The zero-order chi connectivity index (χ0) is 31.7. The van der Waals surface area contributed by atoms with Gasteiger partial charge in [0, 0.05) is 30.3 Å². The second kappa shape index (κ2) is 23.3. The van der Waals surface area contributed by atoms with E-state index in [2.05, 4.69) is 77.2 Å². The van der Waals surface area contributed by atoms with E-state index in [0.717, 1.165) is 38.5 Å². The molecular formula is C34H47N3O6. The zero-order valence-corrected chi connectivity index (χ0v) is 25.4. The predicted molar refractivity (Wildman–Crippen MR) is 170 cm³/mol. The summed E-state index contributed by atoms with van der Waals surface area (Å²) in [5, 5.41) is 34.0. The van der Waals surface area contributed by atoms with Crippen LogP contribution in [0.25, 0.3) is 0 Å². The number of nitrogens with one attached hydrogen (secondary N) is 2. The van der Waals surface area contributed by atoms with Gasteiger partial charge in [-0.3, -0.25) is 14.6 Å². The van der Waals surface area contributed by atoms with Crippen LogP contribution in [-0.4, -0.2) is 44.1 Å². The topological polar surface area (TPSA) is 149 Å². The lowest BCUT2D eigenvalue weighted by molar-refractivity contribution is -0.143. The number of aliphatic hydroxyl groups is 1. The number of nitrogens with zero attached hydrogens (tertiary/aromatic N) is 1. The Morgan fingerprint density at radius 1 is 0.837 bits per heavy atom. The molecule has 0 bridgehead atoms. The number of aliphatic hydroxyl groups excluding tert-OH is 1. The van der Waals surface area contributed by atoms with Crippen molar-refractivity contribution in [2.75, 3.05) is 0 Å². The number of aliphatic carboxylic acids is 1. The van der Waals surface area contributed by atoms with Crippen LogP contribution in [0.4, 0.5) is 0 Å². The van der Waals surface area contributed by atoms with E-state index in [4.69, 9.17) is 0 Å². The summed E-state index contributed by atoms with van der Waals surface area (Å²) >= 11 is 0. The van der Waals surface area contributed by atoms with E-state index in [1.807, 2.05) is 18.2 Å². The molecule has 1 heterocycles. The van der Waals surface area contributed by atoms with Gasteiger partial charge in [0.25, 0.3) is 0 Å². The van der Waals surface area contributed by atoms with E-state index in [0.29, 0.717) is 23.2 Å². The number of carbonyl (C=O) groups excluding carboxylic acids is 2. The molecule has 9 nitrogen and oxygen atoms in total. The van der Waals surface area contributed by atoms with Gasteiger partial charge in [-0.25, -0.2) is 4.79 Å². The summed E-state index contributed by atoms with van der Waals surface area (Å²) < 4.78 is 0. The smallest absolute Gasteiger partial charge is 0.326 e. The summed E-state index contributed by atoms with van der Waals surface area (Å²) in [5.74, 6) is -2.56. The zero-order valence-electron chi connectivity index (χ0n) is 25.4. The van der Waals surface area contributed by atoms with Gasteiger partial charge in [-0.05, 0) is 51.9 Å². The molecule has 0 spiro atoms. The molecule has 0 aromatic carbocycles. The second-order valence-corrected chi connectivity index (χ2v) is 9.75. The van der Waals surface area contributed by atoms with Crippen LogP contribution in [0.3, 0.4) is 0 Å². The fourth-order valence-electron chi connectivity index (χ4n) is 3.78. The first-order valence-corrected chi connectivity index (χ1v) is 14.8. The molecule has 1 rings (SSSR count). The number of pyridine rings is 1. The highest BCUT2D eigenvalue weighted by Gasteiger charge is 2.23. The first-order chi connectivity index (χ1) is 20.8. The average molecular weight is 594 g/mol. The molecule has 5 N–H and O–H groups in total. The molecule has 0 aliphatic rings. The van der Waals surface area contributed by atoms with Crippen molar-refractivity contribution >= 4 is 17.8 Å². The molecule has 1 aromatic heterocycles. The molecular weight excluding hydrogens is 546 g/mol. The van der Waals surface area contributed by atoms with Crippen LogP contribution >= 0.6 is 0 Å². The Kier molecular flexibility index (Phi) is 20.0. The predicted octanol–water partition coefficient (Wildman–Crippen LogP) is 5.64. The van der Waals surface area contributed by atoms with Crippen LogP contribution < -0.4 is 10.6 Å². The molecule has 0 saturated heterocycles. The number of carbonyl (C=O) groups is 3. The van der Waals surface area contributed by atoms with Gasteiger partial charge < -0.3 is 26.0 Å². The van der Waals surface area contributed by atoms with Gasteiger partial charge in [0.15, 0.2) is 0 Å². The minimum Gasteiger partial charge on any atom is -0.506 e. The largest absolute Gasteiger partial charge is 0.506 e. The van der Waals surface area contributed by atoms with E-state index < -0.39 is 30.2 Å². The van der Waals surface area contributed by atoms with Crippen molar-refractivity contribution in [2.24, 2.45) is 0 Å². The number of carboxylic acid groups (broad SMARTS) is 1. The van der Waals surface area contributed by atoms with Crippen molar-refractivity contribution in [3.63, 3.8) is 0 Å². The monoisotopic (exact) mass is 593 g/mol. The summed E-state index contributed by atoms with van der Waals surface area (Å²) in [6.07, 6.45) is 32.2. The van der Waals surface area contributed by atoms with Gasteiger partial charge in [-0.15, -0.1) is 0 Å². The SMILES string of the molecule is CCC=CCC=CCC=CCC=CCC=CCC=CCCC(=O)N[C@@H](CC(=O)NCc1c(CO)cnc(C)c1O)C(=O)O. The lowest BCUT2D eigenvalue weighted by Crippen LogP contribution is -2.44. The Morgan fingerprint density at radius 2 is 1.35 bits per heavy atom. The first-order valence-electron chi connectivity index (χ1n) is 14.8. The summed E-state index contributed by atoms with van der Waals surface area (Å²) in [6, 6.07) is -1.39. The van der Waals surface area contributed by atoms with Crippen molar-refractivity contribution in [2.45, 2.75) is 90.8 Å². The summed E-state index contributed by atoms with van der Waals surface area (Å²) in [4.78, 5) is 40.1. The molecule has 0 aliphatic heterocycles. The molecule has 9 heteroatoms. The standard InChI is InChI=1S/C34H47N3O6/c1-3-4-5-6-7-8-9-10-11-12-13-14-15-16-17-18-19-20-21-22-31(39)37-30(34(42)43)23-32(40)36-25-29-28(26-38)24-35-27(2)33(29)41/h4-5,7-8,10-11,13-14,16-17,19-20,24,30,38,41H,3,6,9,12,15,18,21-23,25-26H2,1-2H3,(H,36,40)(H,37,39)(H,42,43)/t30-/m0/s1. The molecule has 0 fully saturated rings. The third-order valence-corrected chi connectivity index (χ3v) is 6.22. The highest BCUT2D eigenvalue weighted by atomic mass is 16.4. The van der Waals surface area contributed by atoms with Gasteiger partial charge in [-0.2, -0.15) is 0 Å². The number of amides is 2. The number of allylic oxidation sites excluding steroid dienone is 12. The number of aromatic hydroxyl groups is 1. The molecule has 0 saturated carbocycles. The highest BCUT2D eigenvalue weighted by molar-refractivity contribution is 5.88. The van der Waals surface area contributed by atoms with Crippen LogP contribution in [0.5, 0.6) is 5.75 Å². The number of aryl methyl sites for hydroxylation is 1. The Labute approximate surface area is 255 Å². The molecule has 43 heavy (non-hydrogen) atoms. The number of carboxylic acids is 1.